The Hall–Kier alpha value is -3.34. The Morgan fingerprint density at radius 2 is 1.94 bits per heavy atom. The molecule has 0 bridgehead atoms. The molecule has 172 valence electrons. The van der Waals surface area contributed by atoms with Crippen LogP contribution in [0.5, 0.6) is 11.5 Å². The van der Waals surface area contributed by atoms with Crippen LogP contribution >= 0.6 is 0 Å². The number of aliphatic carboxylic acids is 1. The van der Waals surface area contributed by atoms with Crippen molar-refractivity contribution in [2.45, 2.75) is 32.5 Å². The van der Waals surface area contributed by atoms with Crippen LogP contribution in [0.25, 0.3) is 5.65 Å². The maximum absolute atomic E-state index is 10.6. The van der Waals surface area contributed by atoms with Gasteiger partial charge in [0.05, 0.1) is 6.20 Å². The Kier molecular flexibility index (Phi) is 7.18. The molecule has 2 aromatic heterocycles. The zero-order valence-electron chi connectivity index (χ0n) is 17.5. The number of ether oxygens (including phenoxy) is 2. The molecule has 3 aromatic rings. The van der Waals surface area contributed by atoms with Crippen LogP contribution < -0.4 is 14.8 Å². The van der Waals surface area contributed by atoms with Gasteiger partial charge in [-0.25, -0.2) is 14.3 Å². The summed E-state index contributed by atoms with van der Waals surface area (Å²) in [6, 6.07) is 8.29. The molecule has 32 heavy (non-hydrogen) atoms. The Labute approximate surface area is 182 Å². The van der Waals surface area contributed by atoms with Crippen molar-refractivity contribution in [2.75, 3.05) is 19.8 Å². The lowest BCUT2D eigenvalue weighted by molar-refractivity contribution is -0.192. The Bertz CT molecular complexity index is 1080. The van der Waals surface area contributed by atoms with Gasteiger partial charge in [-0.3, -0.25) is 0 Å². The largest absolute Gasteiger partial charge is 0.490 e. The third-order valence-electron chi connectivity index (χ3n) is 4.87. The predicted octanol–water partition coefficient (Wildman–Crippen LogP) is 3.34. The Balaban J connectivity index is 0.000000360. The first-order valence-corrected chi connectivity index (χ1v) is 9.88. The number of hydrogen-bond donors (Lipinski definition) is 2. The van der Waals surface area contributed by atoms with Gasteiger partial charge in [0, 0.05) is 29.6 Å². The molecule has 3 heterocycles. The SMILES string of the molecule is Cc1c(C(C)NCCc2ccc3c(c2)OCCO3)cnc2ccnn12.O=C(O)C(F)(F)F. The fourth-order valence-corrected chi connectivity index (χ4v) is 3.22. The van der Waals surface area contributed by atoms with Crippen molar-refractivity contribution in [3.63, 3.8) is 0 Å². The van der Waals surface area contributed by atoms with E-state index in [4.69, 9.17) is 19.4 Å². The molecule has 4 rings (SSSR count). The number of fused-ring (bicyclic) bond motifs is 2. The van der Waals surface area contributed by atoms with Gasteiger partial charge in [-0.1, -0.05) is 6.07 Å². The molecule has 0 spiro atoms. The monoisotopic (exact) mass is 452 g/mol. The molecule has 1 aliphatic heterocycles. The summed E-state index contributed by atoms with van der Waals surface area (Å²) >= 11 is 0. The summed E-state index contributed by atoms with van der Waals surface area (Å²) in [5, 5.41) is 15.0. The first-order valence-electron chi connectivity index (χ1n) is 9.88. The molecule has 0 saturated heterocycles. The lowest BCUT2D eigenvalue weighted by atomic mass is 10.1. The maximum Gasteiger partial charge on any atom is 0.490 e. The second-order valence-electron chi connectivity index (χ2n) is 7.11. The number of nitrogens with one attached hydrogen (secondary N) is 1. The Morgan fingerprint density at radius 1 is 1.25 bits per heavy atom. The second-order valence-corrected chi connectivity index (χ2v) is 7.11. The second kappa shape index (κ2) is 9.86. The van der Waals surface area contributed by atoms with Gasteiger partial charge >= 0.3 is 12.1 Å². The van der Waals surface area contributed by atoms with Crippen LogP contribution in [0.15, 0.2) is 36.7 Å². The van der Waals surface area contributed by atoms with Gasteiger partial charge in [-0.15, -0.1) is 0 Å². The number of carbonyl (C=O) groups is 1. The van der Waals surface area contributed by atoms with Crippen LogP contribution in [0.4, 0.5) is 13.2 Å². The lowest BCUT2D eigenvalue weighted by Gasteiger charge is -2.19. The summed E-state index contributed by atoms with van der Waals surface area (Å²) in [6.45, 7) is 6.35. The quantitative estimate of drug-likeness (QED) is 0.613. The highest BCUT2D eigenvalue weighted by molar-refractivity contribution is 5.73. The number of alkyl halides is 3. The van der Waals surface area contributed by atoms with E-state index in [-0.39, 0.29) is 6.04 Å². The van der Waals surface area contributed by atoms with E-state index in [0.717, 1.165) is 35.8 Å². The standard InChI is InChI=1S/C19H22N4O2.C2HF3O2/c1-13(16-12-21-19-6-8-22-23(19)14(16)2)20-7-5-15-3-4-17-18(11-15)25-10-9-24-17;3-2(4,5)1(6)7/h3-4,6,8,11-13,20H,5,7,9-10H2,1-2H3;(H,6,7). The number of carboxylic acid groups (broad SMARTS) is 1. The molecule has 1 aromatic carbocycles. The molecule has 0 radical (unpaired) electrons. The van der Waals surface area contributed by atoms with Crippen LogP contribution in [-0.4, -0.2) is 51.6 Å². The molecule has 1 aliphatic rings. The molecule has 0 saturated carbocycles. The first kappa shape index (κ1) is 23.3. The smallest absolute Gasteiger partial charge is 0.486 e. The van der Waals surface area contributed by atoms with E-state index in [1.807, 2.05) is 22.8 Å². The minimum absolute atomic E-state index is 0.207. The zero-order valence-corrected chi connectivity index (χ0v) is 17.5. The predicted molar refractivity (Wildman–Crippen MR) is 109 cm³/mol. The molecule has 0 aliphatic carbocycles. The Morgan fingerprint density at radius 3 is 2.62 bits per heavy atom. The normalized spacial score (nSPS) is 13.9. The van der Waals surface area contributed by atoms with Crippen molar-refractivity contribution in [3.05, 3.63) is 53.5 Å². The van der Waals surface area contributed by atoms with Crippen LogP contribution in [0, 0.1) is 6.92 Å². The molecular formula is C21H23F3N4O4. The minimum Gasteiger partial charge on any atom is -0.486 e. The highest BCUT2D eigenvalue weighted by Gasteiger charge is 2.38. The van der Waals surface area contributed by atoms with E-state index >= 15 is 0 Å². The number of hydrogen-bond acceptors (Lipinski definition) is 6. The molecular weight excluding hydrogens is 429 g/mol. The van der Waals surface area contributed by atoms with Gasteiger partial charge in [-0.2, -0.15) is 18.3 Å². The highest BCUT2D eigenvalue weighted by atomic mass is 19.4. The van der Waals surface area contributed by atoms with E-state index in [9.17, 15) is 13.2 Å². The van der Waals surface area contributed by atoms with E-state index in [2.05, 4.69) is 41.4 Å². The molecule has 0 amide bonds. The van der Waals surface area contributed by atoms with Crippen molar-refractivity contribution >= 4 is 11.6 Å². The number of aromatic nitrogens is 3. The summed E-state index contributed by atoms with van der Waals surface area (Å²) in [5.41, 5.74) is 4.40. The summed E-state index contributed by atoms with van der Waals surface area (Å²) in [6.07, 6.45) is -0.440. The van der Waals surface area contributed by atoms with E-state index in [0.29, 0.717) is 13.2 Å². The highest BCUT2D eigenvalue weighted by Crippen LogP contribution is 2.30. The average molecular weight is 452 g/mol. The molecule has 2 N–H and O–H groups in total. The van der Waals surface area contributed by atoms with Crippen molar-refractivity contribution in [3.8, 4) is 11.5 Å². The van der Waals surface area contributed by atoms with Crippen molar-refractivity contribution in [1.82, 2.24) is 19.9 Å². The molecule has 1 atom stereocenters. The van der Waals surface area contributed by atoms with E-state index in [1.165, 1.54) is 11.1 Å². The van der Waals surface area contributed by atoms with Gasteiger partial charge in [0.25, 0.3) is 0 Å². The van der Waals surface area contributed by atoms with Crippen LogP contribution in [-0.2, 0) is 11.2 Å². The van der Waals surface area contributed by atoms with Crippen LogP contribution in [0.3, 0.4) is 0 Å². The van der Waals surface area contributed by atoms with Gasteiger partial charge in [0.1, 0.15) is 13.2 Å². The number of rotatable bonds is 5. The molecule has 0 fully saturated rings. The van der Waals surface area contributed by atoms with E-state index < -0.39 is 12.1 Å². The average Bonchev–Trinajstić information content (AvgIpc) is 3.23. The number of aryl methyl sites for hydroxylation is 1. The van der Waals surface area contributed by atoms with Crippen molar-refractivity contribution < 1.29 is 32.5 Å². The number of benzene rings is 1. The van der Waals surface area contributed by atoms with Gasteiger partial charge in [0.15, 0.2) is 17.1 Å². The summed E-state index contributed by atoms with van der Waals surface area (Å²) < 4.78 is 44.8. The first-order chi connectivity index (χ1) is 15.2. The third kappa shape index (κ3) is 5.67. The fourth-order valence-electron chi connectivity index (χ4n) is 3.22. The molecule has 11 heteroatoms. The number of carboxylic acids is 1. The minimum atomic E-state index is -5.08. The molecule has 8 nitrogen and oxygen atoms in total. The third-order valence-corrected chi connectivity index (χ3v) is 4.87. The fraction of sp³-hybridized carbons (Fsp3) is 0.381. The topological polar surface area (TPSA) is 98.0 Å². The van der Waals surface area contributed by atoms with E-state index in [1.54, 1.807) is 6.20 Å². The summed E-state index contributed by atoms with van der Waals surface area (Å²) in [7, 11) is 0. The summed E-state index contributed by atoms with van der Waals surface area (Å²) in [5.74, 6) is -1.07. The van der Waals surface area contributed by atoms with Crippen molar-refractivity contribution in [2.24, 2.45) is 0 Å². The zero-order chi connectivity index (χ0) is 23.3. The number of halogens is 3. The lowest BCUT2D eigenvalue weighted by Crippen LogP contribution is -2.23. The maximum atomic E-state index is 10.6. The van der Waals surface area contributed by atoms with Gasteiger partial charge < -0.3 is 19.9 Å². The van der Waals surface area contributed by atoms with Crippen LogP contribution in [0.2, 0.25) is 0 Å². The van der Waals surface area contributed by atoms with Gasteiger partial charge in [-0.05, 0) is 44.5 Å². The van der Waals surface area contributed by atoms with Crippen molar-refractivity contribution in [1.29, 1.82) is 0 Å². The number of nitrogens with zero attached hydrogens (tertiary/aromatic N) is 3. The van der Waals surface area contributed by atoms with Crippen LogP contribution in [0.1, 0.15) is 29.8 Å². The summed E-state index contributed by atoms with van der Waals surface area (Å²) in [4.78, 5) is 13.4. The van der Waals surface area contributed by atoms with Gasteiger partial charge in [0.2, 0.25) is 0 Å². The molecule has 1 unspecified atom stereocenters.